The van der Waals surface area contributed by atoms with Crippen LogP contribution < -0.4 is 11.1 Å². The standard InChI is InChI=1S/C8H16N2O3/c1-6(9)5-7(11)10-4-2-3-8(12)13/h6H,2-5,9H2,1H3,(H,10,11)(H,12,13). The van der Waals surface area contributed by atoms with Crippen LogP contribution in [0.25, 0.3) is 0 Å². The van der Waals surface area contributed by atoms with Crippen molar-refractivity contribution in [1.29, 1.82) is 0 Å². The van der Waals surface area contributed by atoms with E-state index >= 15 is 0 Å². The van der Waals surface area contributed by atoms with Crippen molar-refractivity contribution < 1.29 is 14.7 Å². The van der Waals surface area contributed by atoms with E-state index in [1.165, 1.54) is 0 Å². The summed E-state index contributed by atoms with van der Waals surface area (Å²) in [5, 5.41) is 10.9. The second kappa shape index (κ2) is 6.42. The molecule has 0 spiro atoms. The molecule has 1 unspecified atom stereocenters. The minimum atomic E-state index is -0.846. The van der Waals surface area contributed by atoms with Crippen molar-refractivity contribution in [3.05, 3.63) is 0 Å². The summed E-state index contributed by atoms with van der Waals surface area (Å²) in [5.41, 5.74) is 5.39. The lowest BCUT2D eigenvalue weighted by atomic mass is 10.2. The van der Waals surface area contributed by atoms with Crippen LogP contribution >= 0.6 is 0 Å². The summed E-state index contributed by atoms with van der Waals surface area (Å²) in [6, 6.07) is -0.153. The van der Waals surface area contributed by atoms with Crippen LogP contribution in [0.5, 0.6) is 0 Å². The Balaban J connectivity index is 3.32. The molecule has 5 heteroatoms. The van der Waals surface area contributed by atoms with Crippen LogP contribution in [0, 0.1) is 0 Å². The normalized spacial score (nSPS) is 12.2. The molecular weight excluding hydrogens is 172 g/mol. The van der Waals surface area contributed by atoms with Crippen LogP contribution in [-0.4, -0.2) is 29.6 Å². The number of amides is 1. The molecule has 1 amide bonds. The van der Waals surface area contributed by atoms with Crippen molar-refractivity contribution >= 4 is 11.9 Å². The second-order valence-electron chi connectivity index (χ2n) is 3.03. The number of carboxylic acids is 1. The largest absolute Gasteiger partial charge is 0.481 e. The highest BCUT2D eigenvalue weighted by Gasteiger charge is 2.04. The predicted octanol–water partition coefficient (Wildman–Crippen LogP) is -0.295. The number of nitrogens with two attached hydrogens (primary N) is 1. The summed E-state index contributed by atoms with van der Waals surface area (Å²) >= 11 is 0. The molecule has 0 saturated carbocycles. The average molecular weight is 188 g/mol. The molecule has 4 N–H and O–H groups in total. The van der Waals surface area contributed by atoms with Crippen LogP contribution in [0.4, 0.5) is 0 Å². The zero-order valence-electron chi connectivity index (χ0n) is 7.75. The molecule has 0 radical (unpaired) electrons. The SMILES string of the molecule is CC(N)CC(=O)NCCCC(=O)O. The molecule has 0 rings (SSSR count). The Morgan fingerprint density at radius 1 is 1.54 bits per heavy atom. The van der Waals surface area contributed by atoms with Crippen molar-refractivity contribution in [1.82, 2.24) is 5.32 Å². The van der Waals surface area contributed by atoms with Gasteiger partial charge in [-0.25, -0.2) is 0 Å². The van der Waals surface area contributed by atoms with Gasteiger partial charge in [0.25, 0.3) is 0 Å². The Morgan fingerprint density at radius 2 is 2.15 bits per heavy atom. The molecule has 0 aliphatic heterocycles. The summed E-state index contributed by atoms with van der Waals surface area (Å²) in [6.45, 7) is 2.15. The number of hydrogen-bond acceptors (Lipinski definition) is 3. The van der Waals surface area contributed by atoms with Crippen molar-refractivity contribution in [2.75, 3.05) is 6.54 Å². The molecule has 0 aromatic rings. The maximum absolute atomic E-state index is 11.0. The van der Waals surface area contributed by atoms with Crippen LogP contribution in [0.2, 0.25) is 0 Å². The number of carboxylic acid groups (broad SMARTS) is 1. The lowest BCUT2D eigenvalue weighted by Gasteiger charge is -2.05. The highest BCUT2D eigenvalue weighted by atomic mass is 16.4. The van der Waals surface area contributed by atoms with Crippen molar-refractivity contribution in [2.24, 2.45) is 5.73 Å². The predicted molar refractivity (Wildman–Crippen MR) is 48.1 cm³/mol. The van der Waals surface area contributed by atoms with Gasteiger partial charge >= 0.3 is 5.97 Å². The van der Waals surface area contributed by atoms with Crippen LogP contribution in [0.15, 0.2) is 0 Å². The van der Waals surface area contributed by atoms with Gasteiger partial charge in [0.1, 0.15) is 0 Å². The monoisotopic (exact) mass is 188 g/mol. The molecule has 0 fully saturated rings. The quantitative estimate of drug-likeness (QED) is 0.499. The highest BCUT2D eigenvalue weighted by Crippen LogP contribution is 1.88. The smallest absolute Gasteiger partial charge is 0.303 e. The Morgan fingerprint density at radius 3 is 2.62 bits per heavy atom. The van der Waals surface area contributed by atoms with Gasteiger partial charge in [0.05, 0.1) is 0 Å². The molecule has 5 nitrogen and oxygen atoms in total. The maximum Gasteiger partial charge on any atom is 0.303 e. The number of carbonyl (C=O) groups excluding carboxylic acids is 1. The summed E-state index contributed by atoms with van der Waals surface area (Å²) in [6.07, 6.45) is 0.825. The number of rotatable bonds is 6. The van der Waals surface area contributed by atoms with Gasteiger partial charge in [-0.1, -0.05) is 0 Å². The average Bonchev–Trinajstić information content (AvgIpc) is 1.96. The zero-order valence-corrected chi connectivity index (χ0v) is 7.75. The number of aliphatic carboxylic acids is 1. The van der Waals surface area contributed by atoms with E-state index in [1.807, 2.05) is 0 Å². The molecule has 1 atom stereocenters. The van der Waals surface area contributed by atoms with Crippen LogP contribution in [-0.2, 0) is 9.59 Å². The van der Waals surface area contributed by atoms with Crippen molar-refractivity contribution in [2.45, 2.75) is 32.2 Å². The number of hydrogen-bond donors (Lipinski definition) is 3. The molecule has 0 bridgehead atoms. The third kappa shape index (κ3) is 8.81. The molecule has 0 heterocycles. The van der Waals surface area contributed by atoms with Crippen molar-refractivity contribution in [3.8, 4) is 0 Å². The molecule has 0 saturated heterocycles. The summed E-state index contributed by atoms with van der Waals surface area (Å²) in [5.74, 6) is -0.971. The van der Waals surface area contributed by atoms with Gasteiger partial charge in [-0.3, -0.25) is 9.59 Å². The van der Waals surface area contributed by atoms with Gasteiger partial charge in [-0.15, -0.1) is 0 Å². The topological polar surface area (TPSA) is 92.4 Å². The third-order valence-corrected chi connectivity index (χ3v) is 1.40. The summed E-state index contributed by atoms with van der Waals surface area (Å²) < 4.78 is 0. The molecule has 0 aliphatic rings. The Hall–Kier alpha value is -1.10. The summed E-state index contributed by atoms with van der Waals surface area (Å²) in [7, 11) is 0. The fraction of sp³-hybridized carbons (Fsp3) is 0.750. The fourth-order valence-electron chi connectivity index (χ4n) is 0.832. The molecule has 0 aromatic heterocycles. The molecular formula is C8H16N2O3. The second-order valence-corrected chi connectivity index (χ2v) is 3.03. The van der Waals surface area contributed by atoms with E-state index in [0.29, 0.717) is 13.0 Å². The first-order valence-electron chi connectivity index (χ1n) is 4.26. The first-order valence-corrected chi connectivity index (χ1v) is 4.26. The van der Waals surface area contributed by atoms with E-state index in [9.17, 15) is 9.59 Å². The number of carbonyl (C=O) groups is 2. The van der Waals surface area contributed by atoms with Crippen molar-refractivity contribution in [3.63, 3.8) is 0 Å². The lowest BCUT2D eigenvalue weighted by Crippen LogP contribution is -2.30. The molecule has 13 heavy (non-hydrogen) atoms. The Bertz CT molecular complexity index is 180. The Kier molecular flexibility index (Phi) is 5.88. The van der Waals surface area contributed by atoms with Gasteiger partial charge in [0.2, 0.25) is 5.91 Å². The minimum Gasteiger partial charge on any atom is -0.481 e. The van der Waals surface area contributed by atoms with Gasteiger partial charge < -0.3 is 16.2 Å². The van der Waals surface area contributed by atoms with E-state index in [0.717, 1.165) is 0 Å². The van der Waals surface area contributed by atoms with E-state index in [-0.39, 0.29) is 24.8 Å². The Labute approximate surface area is 77.3 Å². The van der Waals surface area contributed by atoms with Gasteiger partial charge in [0, 0.05) is 25.4 Å². The number of nitrogens with one attached hydrogen (secondary N) is 1. The first-order chi connectivity index (χ1) is 6.02. The van der Waals surface area contributed by atoms with Crippen LogP contribution in [0.3, 0.4) is 0 Å². The van der Waals surface area contributed by atoms with E-state index in [4.69, 9.17) is 10.8 Å². The highest BCUT2D eigenvalue weighted by molar-refractivity contribution is 5.76. The van der Waals surface area contributed by atoms with Gasteiger partial charge in [-0.05, 0) is 13.3 Å². The fourth-order valence-corrected chi connectivity index (χ4v) is 0.832. The molecule has 0 aromatic carbocycles. The van der Waals surface area contributed by atoms with E-state index in [1.54, 1.807) is 6.92 Å². The van der Waals surface area contributed by atoms with Crippen LogP contribution in [0.1, 0.15) is 26.2 Å². The van der Waals surface area contributed by atoms with Gasteiger partial charge in [-0.2, -0.15) is 0 Å². The third-order valence-electron chi connectivity index (χ3n) is 1.40. The first kappa shape index (κ1) is 11.9. The summed E-state index contributed by atoms with van der Waals surface area (Å²) in [4.78, 5) is 21.0. The van der Waals surface area contributed by atoms with Gasteiger partial charge in [0.15, 0.2) is 0 Å². The maximum atomic E-state index is 11.0. The van der Waals surface area contributed by atoms with E-state index in [2.05, 4.69) is 5.32 Å². The molecule has 0 aliphatic carbocycles. The lowest BCUT2D eigenvalue weighted by molar-refractivity contribution is -0.137. The minimum absolute atomic E-state index is 0.0818. The molecule has 76 valence electrons. The van der Waals surface area contributed by atoms with E-state index < -0.39 is 5.97 Å². The zero-order chi connectivity index (χ0) is 10.3.